The van der Waals surface area contributed by atoms with Gasteiger partial charge in [-0.05, 0) is 53.5 Å². The highest BCUT2D eigenvalue weighted by molar-refractivity contribution is 9.10. The summed E-state index contributed by atoms with van der Waals surface area (Å²) in [6.45, 7) is 4.31. The molecule has 0 unspecified atom stereocenters. The molecule has 0 radical (unpaired) electrons. The molecule has 0 bridgehead atoms. The first-order valence-electron chi connectivity index (χ1n) is 6.72. The largest absolute Gasteiger partial charge is 0.490 e. The second kappa shape index (κ2) is 8.48. The van der Waals surface area contributed by atoms with Crippen LogP contribution in [0.2, 0.25) is 0 Å². The van der Waals surface area contributed by atoms with Crippen molar-refractivity contribution in [3.05, 3.63) is 22.2 Å². The highest BCUT2D eigenvalue weighted by atomic mass is 79.9. The average Bonchev–Trinajstić information content (AvgIpc) is 2.37. The van der Waals surface area contributed by atoms with E-state index in [4.69, 9.17) is 9.47 Å². The fraction of sp³-hybridized carbons (Fsp3) is 0.571. The van der Waals surface area contributed by atoms with E-state index in [1.807, 2.05) is 0 Å². The lowest BCUT2D eigenvalue weighted by molar-refractivity contribution is -0.153. The van der Waals surface area contributed by atoms with Crippen LogP contribution < -0.4 is 14.8 Å². The summed E-state index contributed by atoms with van der Waals surface area (Å²) < 4.78 is 47.5. The van der Waals surface area contributed by atoms with Gasteiger partial charge in [0.15, 0.2) is 18.1 Å². The minimum absolute atomic E-state index is 0.0772. The summed E-state index contributed by atoms with van der Waals surface area (Å²) >= 11 is 3.24. The Hall–Kier alpha value is -0.950. The molecule has 0 saturated carbocycles. The lowest BCUT2D eigenvalue weighted by atomic mass is 10.2. The van der Waals surface area contributed by atoms with Gasteiger partial charge in [-0.15, -0.1) is 0 Å². The number of ether oxygens (including phenoxy) is 2. The quantitative estimate of drug-likeness (QED) is 0.693. The smallest absolute Gasteiger partial charge is 0.422 e. The minimum atomic E-state index is -4.38. The molecule has 0 aliphatic heterocycles. The molecular weight excluding hydrogens is 351 g/mol. The minimum Gasteiger partial charge on any atom is -0.490 e. The number of halogens is 4. The van der Waals surface area contributed by atoms with Crippen LogP contribution in [0.25, 0.3) is 0 Å². The molecule has 0 atom stereocenters. The maximum atomic E-state index is 12.3. The predicted molar refractivity (Wildman–Crippen MR) is 78.9 cm³/mol. The fourth-order valence-electron chi connectivity index (χ4n) is 1.69. The first-order valence-corrected chi connectivity index (χ1v) is 7.52. The van der Waals surface area contributed by atoms with Crippen LogP contribution in [0, 0.1) is 0 Å². The standard InChI is InChI=1S/C14H19BrF3NO2/c1-3-5-19-8-10-6-11(15)13(12(7-10)20-4-2)21-9-14(16,17)18/h6-7,19H,3-5,8-9H2,1-2H3. The Bertz CT molecular complexity index is 453. The Morgan fingerprint density at radius 1 is 1.19 bits per heavy atom. The molecule has 1 aromatic rings. The fourth-order valence-corrected chi connectivity index (χ4v) is 2.29. The number of rotatable bonds is 8. The van der Waals surface area contributed by atoms with Gasteiger partial charge in [-0.3, -0.25) is 0 Å². The van der Waals surface area contributed by atoms with Gasteiger partial charge >= 0.3 is 6.18 Å². The second-order valence-corrected chi connectivity index (χ2v) is 5.27. The summed E-state index contributed by atoms with van der Waals surface area (Å²) in [5.41, 5.74) is 0.915. The lowest BCUT2D eigenvalue weighted by Crippen LogP contribution is -2.20. The van der Waals surface area contributed by atoms with Crippen LogP contribution in [0.15, 0.2) is 16.6 Å². The Kier molecular flexibility index (Phi) is 7.31. The van der Waals surface area contributed by atoms with Gasteiger partial charge in [0.1, 0.15) is 0 Å². The molecule has 0 amide bonds. The average molecular weight is 370 g/mol. The third kappa shape index (κ3) is 6.56. The zero-order valence-corrected chi connectivity index (χ0v) is 13.6. The van der Waals surface area contributed by atoms with E-state index < -0.39 is 12.8 Å². The van der Waals surface area contributed by atoms with E-state index in [0.717, 1.165) is 18.5 Å². The third-order valence-corrected chi connectivity index (χ3v) is 3.09. The van der Waals surface area contributed by atoms with Crippen molar-refractivity contribution >= 4 is 15.9 Å². The Labute approximate surface area is 130 Å². The summed E-state index contributed by atoms with van der Waals surface area (Å²) in [5, 5.41) is 3.23. The molecular formula is C14H19BrF3NO2. The number of hydrogen-bond acceptors (Lipinski definition) is 3. The Balaban J connectivity index is 2.90. The molecule has 7 heteroatoms. The monoisotopic (exact) mass is 369 g/mol. The first kappa shape index (κ1) is 18.1. The van der Waals surface area contributed by atoms with E-state index in [0.29, 0.717) is 23.4 Å². The van der Waals surface area contributed by atoms with Crippen LogP contribution in [0.4, 0.5) is 13.2 Å². The van der Waals surface area contributed by atoms with Crippen molar-refractivity contribution in [2.24, 2.45) is 0 Å². The molecule has 0 fully saturated rings. The highest BCUT2D eigenvalue weighted by Crippen LogP contribution is 2.37. The van der Waals surface area contributed by atoms with Crippen molar-refractivity contribution in [1.82, 2.24) is 5.32 Å². The summed E-state index contributed by atoms with van der Waals surface area (Å²) in [4.78, 5) is 0. The molecule has 3 nitrogen and oxygen atoms in total. The predicted octanol–water partition coefficient (Wildman–Crippen LogP) is 4.29. The molecule has 0 aliphatic rings. The highest BCUT2D eigenvalue weighted by Gasteiger charge is 2.29. The molecule has 21 heavy (non-hydrogen) atoms. The maximum Gasteiger partial charge on any atom is 0.422 e. The topological polar surface area (TPSA) is 30.5 Å². The van der Waals surface area contributed by atoms with Crippen LogP contribution >= 0.6 is 15.9 Å². The number of benzene rings is 1. The van der Waals surface area contributed by atoms with Gasteiger partial charge in [0.25, 0.3) is 0 Å². The summed E-state index contributed by atoms with van der Waals surface area (Å²) in [6.07, 6.45) is -3.38. The zero-order chi connectivity index (χ0) is 15.9. The van der Waals surface area contributed by atoms with Gasteiger partial charge in [0.05, 0.1) is 11.1 Å². The van der Waals surface area contributed by atoms with E-state index in [2.05, 4.69) is 28.2 Å². The molecule has 0 heterocycles. The first-order chi connectivity index (χ1) is 9.87. The molecule has 120 valence electrons. The second-order valence-electron chi connectivity index (χ2n) is 4.42. The van der Waals surface area contributed by atoms with Crippen LogP contribution in [-0.2, 0) is 6.54 Å². The van der Waals surface area contributed by atoms with Crippen molar-refractivity contribution in [3.8, 4) is 11.5 Å². The van der Waals surface area contributed by atoms with E-state index in [9.17, 15) is 13.2 Å². The zero-order valence-electron chi connectivity index (χ0n) is 12.0. The van der Waals surface area contributed by atoms with Crippen molar-refractivity contribution in [3.63, 3.8) is 0 Å². The van der Waals surface area contributed by atoms with Gasteiger partial charge in [-0.1, -0.05) is 6.92 Å². The molecule has 1 aromatic carbocycles. The third-order valence-electron chi connectivity index (χ3n) is 2.51. The summed E-state index contributed by atoms with van der Waals surface area (Å²) in [7, 11) is 0. The van der Waals surface area contributed by atoms with Crippen molar-refractivity contribution < 1.29 is 22.6 Å². The van der Waals surface area contributed by atoms with Gasteiger partial charge in [0, 0.05) is 6.54 Å². The molecule has 0 spiro atoms. The van der Waals surface area contributed by atoms with Gasteiger partial charge < -0.3 is 14.8 Å². The van der Waals surface area contributed by atoms with E-state index in [1.54, 1.807) is 19.1 Å². The molecule has 0 aromatic heterocycles. The Morgan fingerprint density at radius 3 is 2.48 bits per heavy atom. The molecule has 0 aliphatic carbocycles. The number of hydrogen-bond donors (Lipinski definition) is 1. The van der Waals surface area contributed by atoms with E-state index in [1.165, 1.54) is 0 Å². The van der Waals surface area contributed by atoms with E-state index in [-0.39, 0.29) is 5.75 Å². The van der Waals surface area contributed by atoms with Crippen molar-refractivity contribution in [1.29, 1.82) is 0 Å². The summed E-state index contributed by atoms with van der Waals surface area (Å²) in [6, 6.07) is 3.43. The van der Waals surface area contributed by atoms with Crippen LogP contribution in [-0.4, -0.2) is 25.9 Å². The molecule has 1 rings (SSSR count). The summed E-state index contributed by atoms with van der Waals surface area (Å²) in [5.74, 6) is 0.387. The van der Waals surface area contributed by atoms with Crippen molar-refractivity contribution in [2.45, 2.75) is 33.0 Å². The maximum absolute atomic E-state index is 12.3. The van der Waals surface area contributed by atoms with Gasteiger partial charge in [0.2, 0.25) is 0 Å². The number of alkyl halides is 3. The normalized spacial score (nSPS) is 11.5. The molecule has 1 N–H and O–H groups in total. The number of nitrogens with one attached hydrogen (secondary N) is 1. The van der Waals surface area contributed by atoms with Crippen molar-refractivity contribution in [2.75, 3.05) is 19.8 Å². The van der Waals surface area contributed by atoms with E-state index >= 15 is 0 Å². The molecule has 0 saturated heterocycles. The van der Waals surface area contributed by atoms with Crippen LogP contribution in [0.1, 0.15) is 25.8 Å². The lowest BCUT2D eigenvalue weighted by Gasteiger charge is -2.16. The Morgan fingerprint density at radius 2 is 1.90 bits per heavy atom. The van der Waals surface area contributed by atoms with Crippen LogP contribution in [0.3, 0.4) is 0 Å². The van der Waals surface area contributed by atoms with Gasteiger partial charge in [-0.2, -0.15) is 13.2 Å². The van der Waals surface area contributed by atoms with Gasteiger partial charge in [-0.25, -0.2) is 0 Å². The van der Waals surface area contributed by atoms with Crippen LogP contribution in [0.5, 0.6) is 11.5 Å². The SMILES string of the molecule is CCCNCc1cc(Br)c(OCC(F)(F)F)c(OCC)c1.